The number of hydrogen-bond donors (Lipinski definition) is 1. The van der Waals surface area contributed by atoms with Crippen molar-refractivity contribution in [2.24, 2.45) is 0 Å². The van der Waals surface area contributed by atoms with Crippen molar-refractivity contribution >= 4 is 11.6 Å². The molecular formula is C13H11F3N2O2. The normalized spacial score (nSPS) is 18.6. The van der Waals surface area contributed by atoms with Gasteiger partial charge in [-0.05, 0) is 31.0 Å². The number of nitriles is 1. The zero-order valence-electron chi connectivity index (χ0n) is 10.3. The average Bonchev–Trinajstić information content (AvgIpc) is 2.91. The molecule has 1 heterocycles. The molecule has 0 bridgehead atoms. The number of alkyl halides is 3. The van der Waals surface area contributed by atoms with Crippen LogP contribution in [0.2, 0.25) is 0 Å². The summed E-state index contributed by atoms with van der Waals surface area (Å²) < 4.78 is 42.7. The lowest BCUT2D eigenvalue weighted by Crippen LogP contribution is -2.27. The smallest absolute Gasteiger partial charge is 0.368 e. The molecular weight excluding hydrogens is 273 g/mol. The van der Waals surface area contributed by atoms with Crippen molar-refractivity contribution in [3.63, 3.8) is 0 Å². The number of hydrogen-bond acceptors (Lipinski definition) is 3. The van der Waals surface area contributed by atoms with E-state index < -0.39 is 23.8 Å². The van der Waals surface area contributed by atoms with Gasteiger partial charge in [-0.3, -0.25) is 4.79 Å². The van der Waals surface area contributed by atoms with Gasteiger partial charge in [0.15, 0.2) is 0 Å². The van der Waals surface area contributed by atoms with Gasteiger partial charge in [-0.25, -0.2) is 0 Å². The molecule has 1 saturated heterocycles. The number of carbonyl (C=O) groups excluding carboxylic acids is 1. The van der Waals surface area contributed by atoms with Crippen LogP contribution in [0.1, 0.15) is 24.0 Å². The van der Waals surface area contributed by atoms with E-state index in [0.29, 0.717) is 19.1 Å². The summed E-state index contributed by atoms with van der Waals surface area (Å²) in [6.45, 7) is 0.482. The highest BCUT2D eigenvalue weighted by Gasteiger charge is 2.31. The molecule has 1 atom stereocenters. The largest absolute Gasteiger partial charge is 0.416 e. The molecule has 1 fully saturated rings. The minimum atomic E-state index is -4.53. The number of nitrogens with zero attached hydrogens (tertiary/aromatic N) is 1. The summed E-state index contributed by atoms with van der Waals surface area (Å²) in [6, 6.07) is 4.26. The Balaban J connectivity index is 2.20. The van der Waals surface area contributed by atoms with Gasteiger partial charge >= 0.3 is 6.18 Å². The highest BCUT2D eigenvalue weighted by atomic mass is 19.4. The summed E-state index contributed by atoms with van der Waals surface area (Å²) in [5.41, 5.74) is -1.10. The topological polar surface area (TPSA) is 62.1 Å². The fraction of sp³-hybridized carbons (Fsp3) is 0.385. The van der Waals surface area contributed by atoms with Crippen molar-refractivity contribution in [1.82, 2.24) is 0 Å². The molecule has 106 valence electrons. The van der Waals surface area contributed by atoms with Crippen molar-refractivity contribution in [3.8, 4) is 6.07 Å². The Bertz CT molecular complexity index is 558. The molecule has 4 nitrogen and oxygen atoms in total. The summed E-state index contributed by atoms with van der Waals surface area (Å²) in [7, 11) is 0. The molecule has 1 aliphatic heterocycles. The third-order valence-electron chi connectivity index (χ3n) is 2.95. The second-order valence-electron chi connectivity index (χ2n) is 4.36. The molecule has 1 amide bonds. The maximum absolute atomic E-state index is 12.5. The summed E-state index contributed by atoms with van der Waals surface area (Å²) >= 11 is 0. The van der Waals surface area contributed by atoms with Crippen molar-refractivity contribution < 1.29 is 22.7 Å². The van der Waals surface area contributed by atoms with Gasteiger partial charge in [0, 0.05) is 6.61 Å². The summed E-state index contributed by atoms with van der Waals surface area (Å²) in [6.07, 6.45) is -3.81. The quantitative estimate of drug-likeness (QED) is 0.908. The maximum Gasteiger partial charge on any atom is 0.416 e. The van der Waals surface area contributed by atoms with Gasteiger partial charge in [-0.1, -0.05) is 0 Å². The number of rotatable bonds is 2. The first-order valence-corrected chi connectivity index (χ1v) is 5.95. The van der Waals surface area contributed by atoms with Crippen LogP contribution in [0.3, 0.4) is 0 Å². The highest BCUT2D eigenvalue weighted by Crippen LogP contribution is 2.31. The van der Waals surface area contributed by atoms with E-state index in [0.717, 1.165) is 18.6 Å². The molecule has 7 heteroatoms. The monoisotopic (exact) mass is 284 g/mol. The maximum atomic E-state index is 12.5. The van der Waals surface area contributed by atoms with Crippen LogP contribution < -0.4 is 5.32 Å². The van der Waals surface area contributed by atoms with Crippen molar-refractivity contribution in [1.29, 1.82) is 5.26 Å². The molecule has 1 unspecified atom stereocenters. The molecule has 1 aromatic rings. The SMILES string of the molecule is N#Cc1cc(C(F)(F)F)ccc1NC(=O)C1CCCO1. The average molecular weight is 284 g/mol. The number of anilines is 1. The van der Waals surface area contributed by atoms with Gasteiger partial charge < -0.3 is 10.1 Å². The van der Waals surface area contributed by atoms with Crippen molar-refractivity contribution in [2.45, 2.75) is 25.1 Å². The second-order valence-corrected chi connectivity index (χ2v) is 4.36. The Hall–Kier alpha value is -2.07. The van der Waals surface area contributed by atoms with Crippen LogP contribution in [0.25, 0.3) is 0 Å². The highest BCUT2D eigenvalue weighted by molar-refractivity contribution is 5.95. The third-order valence-corrected chi connectivity index (χ3v) is 2.95. The number of amides is 1. The first-order valence-electron chi connectivity index (χ1n) is 5.95. The molecule has 2 rings (SSSR count). The Labute approximate surface area is 113 Å². The van der Waals surface area contributed by atoms with Crippen LogP contribution in [0.4, 0.5) is 18.9 Å². The van der Waals surface area contributed by atoms with Gasteiger partial charge in [-0.2, -0.15) is 18.4 Å². The fourth-order valence-electron chi connectivity index (χ4n) is 1.92. The molecule has 1 aliphatic rings. The number of halogens is 3. The zero-order valence-corrected chi connectivity index (χ0v) is 10.3. The zero-order chi connectivity index (χ0) is 14.8. The fourth-order valence-corrected chi connectivity index (χ4v) is 1.92. The van der Waals surface area contributed by atoms with E-state index in [2.05, 4.69) is 5.32 Å². The van der Waals surface area contributed by atoms with Gasteiger partial charge in [0.25, 0.3) is 5.91 Å². The minimum Gasteiger partial charge on any atom is -0.368 e. The van der Waals surface area contributed by atoms with Gasteiger partial charge in [0.05, 0.1) is 16.8 Å². The summed E-state index contributed by atoms with van der Waals surface area (Å²) in [4.78, 5) is 11.8. The van der Waals surface area contributed by atoms with Crippen LogP contribution >= 0.6 is 0 Å². The van der Waals surface area contributed by atoms with Crippen LogP contribution in [0.15, 0.2) is 18.2 Å². The molecule has 0 aromatic heterocycles. The lowest BCUT2D eigenvalue weighted by Gasteiger charge is -2.13. The number of carbonyl (C=O) groups is 1. The minimum absolute atomic E-state index is 0.0565. The predicted octanol–water partition coefficient (Wildman–Crippen LogP) is 2.69. The third kappa shape index (κ3) is 3.08. The summed E-state index contributed by atoms with van der Waals surface area (Å²) in [5.74, 6) is -0.446. The van der Waals surface area contributed by atoms with Crippen molar-refractivity contribution in [2.75, 3.05) is 11.9 Å². The number of nitrogens with one attached hydrogen (secondary N) is 1. The molecule has 0 spiro atoms. The van der Waals surface area contributed by atoms with Crippen LogP contribution in [-0.2, 0) is 15.7 Å². The Morgan fingerprint density at radius 1 is 1.45 bits per heavy atom. The first kappa shape index (κ1) is 14.3. The van der Waals surface area contributed by atoms with Crippen LogP contribution in [-0.4, -0.2) is 18.6 Å². The molecule has 20 heavy (non-hydrogen) atoms. The van der Waals surface area contributed by atoms with Gasteiger partial charge in [0.1, 0.15) is 12.2 Å². The van der Waals surface area contributed by atoms with E-state index in [4.69, 9.17) is 10.00 Å². The lowest BCUT2D eigenvalue weighted by atomic mass is 10.1. The Kier molecular flexibility index (Phi) is 3.95. The summed E-state index contributed by atoms with van der Waals surface area (Å²) in [5, 5.41) is 11.3. The molecule has 0 radical (unpaired) electrons. The first-order chi connectivity index (χ1) is 9.41. The standard InChI is InChI=1S/C13H11F3N2O2/c14-13(15,16)9-3-4-10(8(6-9)7-17)18-12(19)11-2-1-5-20-11/h3-4,6,11H,1-2,5H2,(H,18,19). The van der Waals surface area contributed by atoms with Gasteiger partial charge in [0.2, 0.25) is 0 Å². The molecule has 1 N–H and O–H groups in total. The van der Waals surface area contributed by atoms with Crippen LogP contribution in [0, 0.1) is 11.3 Å². The molecule has 0 saturated carbocycles. The van der Waals surface area contributed by atoms with E-state index in [9.17, 15) is 18.0 Å². The Morgan fingerprint density at radius 2 is 2.20 bits per heavy atom. The van der Waals surface area contributed by atoms with E-state index >= 15 is 0 Å². The van der Waals surface area contributed by atoms with Gasteiger partial charge in [-0.15, -0.1) is 0 Å². The van der Waals surface area contributed by atoms with E-state index in [1.54, 1.807) is 6.07 Å². The number of ether oxygens (including phenoxy) is 1. The van der Waals surface area contributed by atoms with E-state index in [1.807, 2.05) is 0 Å². The predicted molar refractivity (Wildman–Crippen MR) is 63.8 cm³/mol. The number of benzene rings is 1. The van der Waals surface area contributed by atoms with E-state index in [1.165, 1.54) is 0 Å². The second kappa shape index (κ2) is 5.51. The van der Waals surface area contributed by atoms with Crippen LogP contribution in [0.5, 0.6) is 0 Å². The van der Waals surface area contributed by atoms with E-state index in [-0.39, 0.29) is 11.3 Å². The lowest BCUT2D eigenvalue weighted by molar-refractivity contribution is -0.137. The van der Waals surface area contributed by atoms with Crippen molar-refractivity contribution in [3.05, 3.63) is 29.3 Å². The molecule has 1 aromatic carbocycles. The Morgan fingerprint density at radius 3 is 2.75 bits per heavy atom. The molecule has 0 aliphatic carbocycles.